The fraction of sp³-hybridized carbons (Fsp3) is 0.273. The van der Waals surface area contributed by atoms with Gasteiger partial charge in [0.15, 0.2) is 0 Å². The van der Waals surface area contributed by atoms with Crippen LogP contribution in [0.25, 0.3) is 0 Å². The Morgan fingerprint density at radius 1 is 1.69 bits per heavy atom. The van der Waals surface area contributed by atoms with Crippen molar-refractivity contribution in [2.45, 2.75) is 12.8 Å². The lowest BCUT2D eigenvalue weighted by atomic mass is 10.3. The van der Waals surface area contributed by atoms with E-state index in [4.69, 9.17) is 21.4 Å². The normalized spacial score (nSPS) is 9.81. The number of aromatic carboxylic acids is 1. The molecule has 1 rings (SSSR count). The molecular weight excluding hydrogens is 230 g/mol. The number of halogens is 1. The number of nitrogens with zero attached hydrogens (tertiary/aromatic N) is 1. The van der Waals surface area contributed by atoms with Gasteiger partial charge in [-0.2, -0.15) is 0 Å². The minimum atomic E-state index is -1.06. The van der Waals surface area contributed by atoms with E-state index in [9.17, 15) is 4.79 Å². The van der Waals surface area contributed by atoms with Crippen molar-refractivity contribution >= 4 is 17.6 Å². The molecule has 0 aliphatic rings. The molecule has 5 heteroatoms. The van der Waals surface area contributed by atoms with Gasteiger partial charge in [0.1, 0.15) is 5.02 Å². The van der Waals surface area contributed by atoms with Crippen LogP contribution in [0.5, 0.6) is 5.88 Å². The van der Waals surface area contributed by atoms with Gasteiger partial charge in [0.2, 0.25) is 5.88 Å². The second kappa shape index (κ2) is 6.12. The fourth-order valence-electron chi connectivity index (χ4n) is 1.05. The summed E-state index contributed by atoms with van der Waals surface area (Å²) >= 11 is 5.82. The number of pyridine rings is 1. The van der Waals surface area contributed by atoms with Gasteiger partial charge in [-0.1, -0.05) is 17.7 Å². The molecule has 1 heterocycles. The minimum absolute atomic E-state index is 0.0449. The first kappa shape index (κ1) is 12.5. The zero-order valence-electron chi connectivity index (χ0n) is 8.65. The van der Waals surface area contributed by atoms with E-state index in [1.807, 2.05) is 0 Å². The van der Waals surface area contributed by atoms with Crippen LogP contribution in [0.15, 0.2) is 24.9 Å². The van der Waals surface area contributed by atoms with Crippen LogP contribution in [0.1, 0.15) is 23.2 Å². The van der Waals surface area contributed by atoms with Crippen molar-refractivity contribution in [3.8, 4) is 5.88 Å². The molecule has 16 heavy (non-hydrogen) atoms. The zero-order chi connectivity index (χ0) is 12.0. The summed E-state index contributed by atoms with van der Waals surface area (Å²) in [5.74, 6) is -0.802. The summed E-state index contributed by atoms with van der Waals surface area (Å²) in [7, 11) is 0. The van der Waals surface area contributed by atoms with Crippen molar-refractivity contribution in [1.29, 1.82) is 0 Å². The summed E-state index contributed by atoms with van der Waals surface area (Å²) in [4.78, 5) is 14.4. The average Bonchev–Trinajstić information content (AvgIpc) is 2.26. The predicted molar refractivity (Wildman–Crippen MR) is 61.1 cm³/mol. The first-order chi connectivity index (χ1) is 7.65. The smallest absolute Gasteiger partial charge is 0.337 e. The highest BCUT2D eigenvalue weighted by Gasteiger charge is 2.08. The lowest BCUT2D eigenvalue weighted by Gasteiger charge is -2.06. The second-order valence-corrected chi connectivity index (χ2v) is 3.50. The largest absolute Gasteiger partial charge is 0.478 e. The first-order valence-corrected chi connectivity index (χ1v) is 5.15. The van der Waals surface area contributed by atoms with Crippen molar-refractivity contribution in [2.75, 3.05) is 6.61 Å². The van der Waals surface area contributed by atoms with E-state index in [0.717, 1.165) is 12.8 Å². The Bertz CT molecular complexity index is 393. The molecule has 0 fully saturated rings. The molecule has 0 saturated heterocycles. The van der Waals surface area contributed by atoms with Crippen molar-refractivity contribution < 1.29 is 14.6 Å². The summed E-state index contributed by atoms with van der Waals surface area (Å²) in [6.07, 6.45) is 4.69. The Morgan fingerprint density at radius 3 is 3.00 bits per heavy atom. The van der Waals surface area contributed by atoms with Crippen LogP contribution in [0.4, 0.5) is 0 Å². The molecule has 4 nitrogen and oxygen atoms in total. The molecule has 0 amide bonds. The number of hydrogen-bond acceptors (Lipinski definition) is 3. The van der Waals surface area contributed by atoms with Crippen LogP contribution in [-0.2, 0) is 0 Å². The lowest BCUT2D eigenvalue weighted by molar-refractivity contribution is 0.0696. The molecule has 0 aliphatic carbocycles. The van der Waals surface area contributed by atoms with Crippen molar-refractivity contribution in [3.63, 3.8) is 0 Å². The number of ether oxygens (including phenoxy) is 1. The van der Waals surface area contributed by atoms with E-state index < -0.39 is 5.97 Å². The van der Waals surface area contributed by atoms with Crippen LogP contribution in [0.2, 0.25) is 5.02 Å². The molecule has 0 bridgehead atoms. The van der Waals surface area contributed by atoms with E-state index in [-0.39, 0.29) is 16.5 Å². The second-order valence-electron chi connectivity index (χ2n) is 3.10. The number of carbonyl (C=O) groups is 1. The van der Waals surface area contributed by atoms with Gasteiger partial charge >= 0.3 is 5.97 Å². The van der Waals surface area contributed by atoms with E-state index in [1.165, 1.54) is 12.3 Å². The van der Waals surface area contributed by atoms with E-state index in [2.05, 4.69) is 11.6 Å². The maximum atomic E-state index is 10.6. The highest BCUT2D eigenvalue weighted by molar-refractivity contribution is 6.32. The molecule has 1 N–H and O–H groups in total. The van der Waals surface area contributed by atoms with Crippen LogP contribution in [0, 0.1) is 0 Å². The molecular formula is C11H12ClNO3. The molecule has 0 aliphatic heterocycles. The minimum Gasteiger partial charge on any atom is -0.478 e. The summed E-state index contributed by atoms with van der Waals surface area (Å²) < 4.78 is 5.29. The van der Waals surface area contributed by atoms with Crippen LogP contribution in [-0.4, -0.2) is 22.7 Å². The molecule has 0 radical (unpaired) electrons. The topological polar surface area (TPSA) is 59.4 Å². The third kappa shape index (κ3) is 3.55. The Labute approximate surface area is 98.5 Å². The number of hydrogen-bond donors (Lipinski definition) is 1. The van der Waals surface area contributed by atoms with E-state index >= 15 is 0 Å². The van der Waals surface area contributed by atoms with Gasteiger partial charge in [0.25, 0.3) is 0 Å². The van der Waals surface area contributed by atoms with E-state index in [0.29, 0.717) is 6.61 Å². The Hall–Kier alpha value is -1.55. The Balaban J connectivity index is 2.61. The summed E-state index contributed by atoms with van der Waals surface area (Å²) in [5.41, 5.74) is 0.0449. The fourth-order valence-corrected chi connectivity index (χ4v) is 1.27. The number of unbranched alkanes of at least 4 members (excludes halogenated alkanes) is 1. The van der Waals surface area contributed by atoms with Crippen molar-refractivity contribution in [2.24, 2.45) is 0 Å². The number of allylic oxidation sites excluding steroid dienone is 1. The lowest BCUT2D eigenvalue weighted by Crippen LogP contribution is -2.02. The third-order valence-electron chi connectivity index (χ3n) is 1.85. The molecule has 1 aromatic heterocycles. The number of aromatic nitrogens is 1. The molecule has 0 saturated carbocycles. The summed E-state index contributed by atoms with van der Waals surface area (Å²) in [6, 6.07) is 1.32. The van der Waals surface area contributed by atoms with Crippen LogP contribution in [0.3, 0.4) is 0 Å². The van der Waals surface area contributed by atoms with Crippen molar-refractivity contribution in [3.05, 3.63) is 35.5 Å². The van der Waals surface area contributed by atoms with Crippen LogP contribution < -0.4 is 4.74 Å². The molecule has 0 unspecified atom stereocenters. The predicted octanol–water partition coefficient (Wildman–Crippen LogP) is 2.78. The monoisotopic (exact) mass is 241 g/mol. The first-order valence-electron chi connectivity index (χ1n) is 4.77. The van der Waals surface area contributed by atoms with Gasteiger partial charge in [-0.25, -0.2) is 9.78 Å². The van der Waals surface area contributed by atoms with Gasteiger partial charge in [-0.05, 0) is 18.9 Å². The molecule has 0 aromatic carbocycles. The average molecular weight is 242 g/mol. The summed E-state index contributed by atoms with van der Waals surface area (Å²) in [6.45, 7) is 4.07. The SMILES string of the molecule is C=CCCCOc1ncc(C(=O)O)cc1Cl. The number of rotatable bonds is 6. The molecule has 0 spiro atoms. The molecule has 1 aromatic rings. The maximum absolute atomic E-state index is 10.6. The van der Waals surface area contributed by atoms with Crippen LogP contribution >= 0.6 is 11.6 Å². The Kier molecular flexibility index (Phi) is 4.79. The zero-order valence-corrected chi connectivity index (χ0v) is 9.41. The van der Waals surface area contributed by atoms with E-state index in [1.54, 1.807) is 6.08 Å². The maximum Gasteiger partial charge on any atom is 0.337 e. The quantitative estimate of drug-likeness (QED) is 0.615. The summed E-state index contributed by atoms with van der Waals surface area (Å²) in [5, 5.41) is 8.90. The Morgan fingerprint density at radius 2 is 2.44 bits per heavy atom. The standard InChI is InChI=1S/C11H12ClNO3/c1-2-3-4-5-16-10-9(12)6-8(7-13-10)11(14)15/h2,6-7H,1,3-5H2,(H,14,15). The van der Waals surface area contributed by atoms with Gasteiger partial charge < -0.3 is 9.84 Å². The molecule has 0 atom stereocenters. The van der Waals surface area contributed by atoms with Gasteiger partial charge in [0.05, 0.1) is 12.2 Å². The highest BCUT2D eigenvalue weighted by atomic mass is 35.5. The highest BCUT2D eigenvalue weighted by Crippen LogP contribution is 2.22. The molecule has 86 valence electrons. The number of carboxylic acid groups (broad SMARTS) is 1. The van der Waals surface area contributed by atoms with Gasteiger partial charge in [0, 0.05) is 6.20 Å². The third-order valence-corrected chi connectivity index (χ3v) is 2.12. The van der Waals surface area contributed by atoms with Gasteiger partial charge in [-0.3, -0.25) is 0 Å². The van der Waals surface area contributed by atoms with Crippen molar-refractivity contribution in [1.82, 2.24) is 4.98 Å². The number of carboxylic acids is 1. The van der Waals surface area contributed by atoms with Gasteiger partial charge in [-0.15, -0.1) is 6.58 Å².